The van der Waals surface area contributed by atoms with Gasteiger partial charge in [-0.25, -0.2) is 0 Å². The fourth-order valence-corrected chi connectivity index (χ4v) is 1.91. The third kappa shape index (κ3) is 5.49. The molecule has 0 aromatic heterocycles. The molecule has 1 aromatic carbocycles. The van der Waals surface area contributed by atoms with Crippen molar-refractivity contribution in [2.24, 2.45) is 5.92 Å². The normalized spacial score (nSPS) is 14.3. The minimum atomic E-state index is -0.595. The molecule has 114 valence electrons. The highest BCUT2D eigenvalue weighted by Gasteiger charge is 2.14. The lowest BCUT2D eigenvalue weighted by Gasteiger charge is -2.22. The predicted molar refractivity (Wildman–Crippen MR) is 81.1 cm³/mol. The highest BCUT2D eigenvalue weighted by Crippen LogP contribution is 2.19. The number of ether oxygens (including phenoxy) is 1. The molecule has 0 aliphatic carbocycles. The Bertz CT molecular complexity index is 407. The fourth-order valence-electron chi connectivity index (χ4n) is 1.91. The first kappa shape index (κ1) is 17.0. The molecular formula is C16H27NO3. The van der Waals surface area contributed by atoms with E-state index < -0.39 is 6.10 Å². The first-order valence-electron chi connectivity index (χ1n) is 7.16. The minimum absolute atomic E-state index is 0.00496. The second-order valence-corrected chi connectivity index (χ2v) is 5.68. The molecule has 0 spiro atoms. The molecule has 0 bridgehead atoms. The van der Waals surface area contributed by atoms with Crippen LogP contribution in [0, 0.1) is 19.8 Å². The van der Waals surface area contributed by atoms with Crippen molar-refractivity contribution in [3.63, 3.8) is 0 Å². The smallest absolute Gasteiger partial charge is 0.122 e. The minimum Gasteiger partial charge on any atom is -0.491 e. The van der Waals surface area contributed by atoms with E-state index in [-0.39, 0.29) is 19.3 Å². The monoisotopic (exact) mass is 281 g/mol. The quantitative estimate of drug-likeness (QED) is 0.678. The third-order valence-corrected chi connectivity index (χ3v) is 3.39. The van der Waals surface area contributed by atoms with E-state index in [2.05, 4.69) is 5.32 Å². The Balaban J connectivity index is 2.39. The third-order valence-electron chi connectivity index (χ3n) is 3.39. The van der Waals surface area contributed by atoms with Crippen LogP contribution in [0.2, 0.25) is 0 Å². The van der Waals surface area contributed by atoms with Gasteiger partial charge in [0.15, 0.2) is 0 Å². The van der Waals surface area contributed by atoms with Gasteiger partial charge in [-0.2, -0.15) is 0 Å². The summed E-state index contributed by atoms with van der Waals surface area (Å²) in [6.45, 7) is 8.79. The van der Waals surface area contributed by atoms with Crippen LogP contribution < -0.4 is 10.1 Å². The zero-order chi connectivity index (χ0) is 15.1. The summed E-state index contributed by atoms with van der Waals surface area (Å²) in [5, 5.41) is 22.3. The highest BCUT2D eigenvalue weighted by atomic mass is 16.5. The maximum atomic E-state index is 9.93. The number of aliphatic hydroxyl groups excluding tert-OH is 2. The molecule has 0 saturated carbocycles. The fraction of sp³-hybridized carbons (Fsp3) is 0.625. The van der Waals surface area contributed by atoms with E-state index in [0.717, 1.165) is 16.9 Å². The van der Waals surface area contributed by atoms with E-state index in [0.29, 0.717) is 12.5 Å². The number of nitrogens with one attached hydrogen (secondary N) is 1. The van der Waals surface area contributed by atoms with Crippen LogP contribution in [0.5, 0.6) is 5.75 Å². The van der Waals surface area contributed by atoms with E-state index in [1.54, 1.807) is 0 Å². The number of hydrogen-bond donors (Lipinski definition) is 3. The predicted octanol–water partition coefficient (Wildman–Crippen LogP) is 1.65. The Morgan fingerprint density at radius 2 is 1.95 bits per heavy atom. The molecule has 1 unspecified atom stereocenters. The molecule has 20 heavy (non-hydrogen) atoms. The summed E-state index contributed by atoms with van der Waals surface area (Å²) in [5.41, 5.74) is 2.20. The summed E-state index contributed by atoms with van der Waals surface area (Å²) in [6, 6.07) is 6.02. The second kappa shape index (κ2) is 8.25. The molecule has 0 aliphatic rings. The summed E-state index contributed by atoms with van der Waals surface area (Å²) >= 11 is 0. The molecule has 1 rings (SSSR count). The Morgan fingerprint density at radius 3 is 2.55 bits per heavy atom. The van der Waals surface area contributed by atoms with Crippen LogP contribution in [0.4, 0.5) is 0 Å². The molecule has 0 heterocycles. The average molecular weight is 281 g/mol. The lowest BCUT2D eigenvalue weighted by atomic mass is 10.1. The van der Waals surface area contributed by atoms with Crippen LogP contribution >= 0.6 is 0 Å². The van der Waals surface area contributed by atoms with Crippen LogP contribution in [0.25, 0.3) is 0 Å². The molecule has 0 amide bonds. The Labute approximate surface area is 121 Å². The van der Waals surface area contributed by atoms with Crippen LogP contribution in [-0.2, 0) is 0 Å². The van der Waals surface area contributed by atoms with Gasteiger partial charge in [0, 0.05) is 12.6 Å². The number of benzene rings is 1. The van der Waals surface area contributed by atoms with Crippen LogP contribution in [0.15, 0.2) is 18.2 Å². The van der Waals surface area contributed by atoms with Gasteiger partial charge in [-0.15, -0.1) is 0 Å². The summed E-state index contributed by atoms with van der Waals surface area (Å²) in [5.74, 6) is 1.14. The van der Waals surface area contributed by atoms with E-state index in [1.165, 1.54) is 0 Å². The Hall–Kier alpha value is -1.10. The standard InChI is InChI=1S/C16H27NO3/c1-11(2)15(9-18)17-8-14(19)10-20-16-7-12(3)5-6-13(16)4/h5-7,11,14-15,17-19H,8-10H2,1-4H3/t14?,15-/m1/s1. The molecule has 0 aliphatic heterocycles. The molecule has 2 atom stereocenters. The molecule has 0 fully saturated rings. The van der Waals surface area contributed by atoms with Crippen molar-refractivity contribution < 1.29 is 14.9 Å². The van der Waals surface area contributed by atoms with Gasteiger partial charge in [-0.05, 0) is 37.0 Å². The van der Waals surface area contributed by atoms with Crippen molar-refractivity contribution in [1.29, 1.82) is 0 Å². The summed E-state index contributed by atoms with van der Waals surface area (Å²) in [4.78, 5) is 0. The second-order valence-electron chi connectivity index (χ2n) is 5.68. The van der Waals surface area contributed by atoms with Crippen molar-refractivity contribution in [2.75, 3.05) is 19.8 Å². The van der Waals surface area contributed by atoms with Gasteiger partial charge in [0.1, 0.15) is 18.5 Å². The average Bonchev–Trinajstić information content (AvgIpc) is 2.40. The van der Waals surface area contributed by atoms with Crippen LogP contribution in [0.3, 0.4) is 0 Å². The SMILES string of the molecule is Cc1ccc(C)c(OCC(O)CN[C@H](CO)C(C)C)c1. The Morgan fingerprint density at radius 1 is 1.25 bits per heavy atom. The summed E-state index contributed by atoms with van der Waals surface area (Å²) < 4.78 is 5.65. The molecule has 0 saturated heterocycles. The Kier molecular flexibility index (Phi) is 6.99. The van der Waals surface area contributed by atoms with Crippen molar-refractivity contribution in [3.8, 4) is 5.75 Å². The first-order valence-corrected chi connectivity index (χ1v) is 7.16. The van der Waals surface area contributed by atoms with Crippen molar-refractivity contribution in [2.45, 2.75) is 39.8 Å². The van der Waals surface area contributed by atoms with Crippen LogP contribution in [-0.4, -0.2) is 42.1 Å². The first-order chi connectivity index (χ1) is 9.43. The zero-order valence-electron chi connectivity index (χ0n) is 12.9. The van der Waals surface area contributed by atoms with Gasteiger partial charge in [-0.3, -0.25) is 0 Å². The molecular weight excluding hydrogens is 254 g/mol. The highest BCUT2D eigenvalue weighted by molar-refractivity contribution is 5.35. The molecule has 3 N–H and O–H groups in total. The van der Waals surface area contributed by atoms with Crippen molar-refractivity contribution >= 4 is 0 Å². The van der Waals surface area contributed by atoms with E-state index in [4.69, 9.17) is 4.74 Å². The maximum Gasteiger partial charge on any atom is 0.122 e. The number of aliphatic hydroxyl groups is 2. The maximum absolute atomic E-state index is 9.93. The molecule has 4 heteroatoms. The topological polar surface area (TPSA) is 61.7 Å². The number of rotatable bonds is 8. The van der Waals surface area contributed by atoms with Crippen LogP contribution in [0.1, 0.15) is 25.0 Å². The lowest BCUT2D eigenvalue weighted by molar-refractivity contribution is 0.0958. The van der Waals surface area contributed by atoms with Gasteiger partial charge >= 0.3 is 0 Å². The van der Waals surface area contributed by atoms with Gasteiger partial charge in [0.25, 0.3) is 0 Å². The summed E-state index contributed by atoms with van der Waals surface area (Å²) in [7, 11) is 0. The lowest BCUT2D eigenvalue weighted by Crippen LogP contribution is -2.42. The van der Waals surface area contributed by atoms with Gasteiger partial charge in [0.2, 0.25) is 0 Å². The molecule has 1 aromatic rings. The van der Waals surface area contributed by atoms with E-state index >= 15 is 0 Å². The molecule has 4 nitrogen and oxygen atoms in total. The molecule has 0 radical (unpaired) electrons. The number of hydrogen-bond acceptors (Lipinski definition) is 4. The van der Waals surface area contributed by atoms with Crippen molar-refractivity contribution in [1.82, 2.24) is 5.32 Å². The van der Waals surface area contributed by atoms with Crippen molar-refractivity contribution in [3.05, 3.63) is 29.3 Å². The zero-order valence-corrected chi connectivity index (χ0v) is 12.9. The van der Waals surface area contributed by atoms with Gasteiger partial charge < -0.3 is 20.3 Å². The van der Waals surface area contributed by atoms with Gasteiger partial charge in [0.05, 0.1) is 6.61 Å². The number of aryl methyl sites for hydroxylation is 2. The van der Waals surface area contributed by atoms with Gasteiger partial charge in [-0.1, -0.05) is 26.0 Å². The van der Waals surface area contributed by atoms with E-state index in [9.17, 15) is 10.2 Å². The summed E-state index contributed by atoms with van der Waals surface area (Å²) in [6.07, 6.45) is -0.595. The van der Waals surface area contributed by atoms with E-state index in [1.807, 2.05) is 45.9 Å². The largest absolute Gasteiger partial charge is 0.491 e.